The molecule has 0 heterocycles. The molecule has 28 heavy (non-hydrogen) atoms. The van der Waals surface area contributed by atoms with Crippen LogP contribution in [0.25, 0.3) is 0 Å². The number of ether oxygens (including phenoxy) is 1. The van der Waals surface area contributed by atoms with Crippen LogP contribution in [-0.2, 0) is 9.84 Å². The van der Waals surface area contributed by atoms with Gasteiger partial charge in [-0.25, -0.2) is 21.6 Å². The van der Waals surface area contributed by atoms with Gasteiger partial charge in [-0.15, -0.1) is 0 Å². The molecule has 0 aliphatic heterocycles. The summed E-state index contributed by atoms with van der Waals surface area (Å²) in [6.45, 7) is 0.132. The van der Waals surface area contributed by atoms with Gasteiger partial charge in [0.2, 0.25) is 0 Å². The molecule has 2 aromatic rings. The lowest BCUT2D eigenvalue weighted by atomic mass is 9.81. The number of rotatable bonds is 5. The molecule has 3 rings (SSSR count). The molecule has 2 N–H and O–H groups in total. The first-order valence-corrected chi connectivity index (χ1v) is 10.6. The molecular weight excluding hydrogens is 391 g/mol. The zero-order valence-corrected chi connectivity index (χ0v) is 16.0. The predicted octanol–water partition coefficient (Wildman–Crippen LogP) is 3.72. The lowest BCUT2D eigenvalue weighted by Gasteiger charge is -2.29. The maximum Gasteiger partial charge on any atom is 0.179 e. The summed E-state index contributed by atoms with van der Waals surface area (Å²) in [6.07, 6.45) is 3.63. The topological polar surface area (TPSA) is 69.4 Å². The first-order chi connectivity index (χ1) is 13.2. The summed E-state index contributed by atoms with van der Waals surface area (Å²) < 4.78 is 70.0. The number of benzene rings is 2. The third-order valence-corrected chi connectivity index (χ3v) is 5.91. The molecule has 0 bridgehead atoms. The molecule has 150 valence electrons. The Morgan fingerprint density at radius 1 is 1.11 bits per heavy atom. The Bertz CT molecular complexity index is 1020. The van der Waals surface area contributed by atoms with E-state index in [9.17, 15) is 21.6 Å². The maximum absolute atomic E-state index is 14.0. The molecule has 0 saturated heterocycles. The SMILES string of the molecule is CS(=O)(=O)c1ccccc1OCC1=CC[C@H](c2cc(F)c(F)cc2F)[C@@H](N)C1. The normalized spacial score (nSPS) is 20.0. The summed E-state index contributed by atoms with van der Waals surface area (Å²) in [4.78, 5) is 0.0949. The number of para-hydroxylation sites is 1. The van der Waals surface area contributed by atoms with Crippen LogP contribution >= 0.6 is 0 Å². The minimum absolute atomic E-state index is 0.0463. The number of halogens is 3. The van der Waals surface area contributed by atoms with E-state index < -0.39 is 39.2 Å². The Labute approximate surface area is 161 Å². The van der Waals surface area contributed by atoms with E-state index in [1.165, 1.54) is 6.07 Å². The monoisotopic (exact) mass is 411 g/mol. The van der Waals surface area contributed by atoms with Gasteiger partial charge in [-0.3, -0.25) is 0 Å². The number of hydrogen-bond acceptors (Lipinski definition) is 4. The molecule has 4 nitrogen and oxygen atoms in total. The molecule has 8 heteroatoms. The molecule has 2 aromatic carbocycles. The molecule has 0 fully saturated rings. The molecule has 1 aliphatic carbocycles. The third-order valence-electron chi connectivity index (χ3n) is 4.78. The second kappa shape index (κ2) is 7.97. The molecule has 0 spiro atoms. The van der Waals surface area contributed by atoms with Gasteiger partial charge in [-0.2, -0.15) is 0 Å². The highest BCUT2D eigenvalue weighted by molar-refractivity contribution is 7.90. The lowest BCUT2D eigenvalue weighted by molar-refractivity contribution is 0.327. The van der Waals surface area contributed by atoms with E-state index >= 15 is 0 Å². The fourth-order valence-electron chi connectivity index (χ4n) is 3.34. The number of hydrogen-bond donors (Lipinski definition) is 1. The minimum Gasteiger partial charge on any atom is -0.488 e. The molecule has 0 amide bonds. The first kappa shape index (κ1) is 20.4. The van der Waals surface area contributed by atoms with Crippen molar-refractivity contribution in [2.75, 3.05) is 12.9 Å². The summed E-state index contributed by atoms with van der Waals surface area (Å²) in [5.74, 6) is -3.41. The highest BCUT2D eigenvalue weighted by Crippen LogP contribution is 2.34. The van der Waals surface area contributed by atoms with Gasteiger partial charge in [0.05, 0.1) is 0 Å². The third kappa shape index (κ3) is 4.39. The van der Waals surface area contributed by atoms with Crippen molar-refractivity contribution in [1.29, 1.82) is 0 Å². The van der Waals surface area contributed by atoms with Crippen molar-refractivity contribution in [2.45, 2.75) is 29.7 Å². The van der Waals surface area contributed by atoms with E-state index in [0.717, 1.165) is 17.9 Å². The van der Waals surface area contributed by atoms with Crippen LogP contribution in [0.3, 0.4) is 0 Å². The van der Waals surface area contributed by atoms with Crippen molar-refractivity contribution in [3.63, 3.8) is 0 Å². The molecule has 0 saturated carbocycles. The maximum atomic E-state index is 14.0. The van der Waals surface area contributed by atoms with Gasteiger partial charge in [0, 0.05) is 24.3 Å². The Hall–Kier alpha value is -2.32. The first-order valence-electron chi connectivity index (χ1n) is 8.66. The van der Waals surface area contributed by atoms with E-state index in [-0.39, 0.29) is 22.8 Å². The van der Waals surface area contributed by atoms with E-state index in [2.05, 4.69) is 0 Å². The van der Waals surface area contributed by atoms with E-state index in [0.29, 0.717) is 18.9 Å². The van der Waals surface area contributed by atoms with Gasteiger partial charge in [0.1, 0.15) is 23.1 Å². The van der Waals surface area contributed by atoms with Crippen LogP contribution in [0.1, 0.15) is 24.3 Å². The van der Waals surface area contributed by atoms with Crippen LogP contribution in [0, 0.1) is 17.5 Å². The molecule has 0 unspecified atom stereocenters. The summed E-state index contributed by atoms with van der Waals surface area (Å²) in [5, 5.41) is 0. The molecule has 1 aliphatic rings. The second-order valence-corrected chi connectivity index (χ2v) is 8.85. The van der Waals surface area contributed by atoms with Gasteiger partial charge < -0.3 is 10.5 Å². The average molecular weight is 411 g/mol. The number of allylic oxidation sites excluding steroid dienone is 1. The van der Waals surface area contributed by atoms with E-state index in [4.69, 9.17) is 10.5 Å². The number of nitrogens with two attached hydrogens (primary N) is 1. The summed E-state index contributed by atoms with van der Waals surface area (Å²) in [6, 6.07) is 7.20. The standard InChI is InChI=1S/C20H20F3NO3S/c1-28(25,26)20-5-3-2-4-19(20)27-11-12-6-7-13(18(24)8-12)14-9-16(22)17(23)10-15(14)21/h2-6,9-10,13,18H,7-8,11,24H2,1H3/t13-,18+/m1/s1. The van der Waals surface area contributed by atoms with Gasteiger partial charge in [-0.05, 0) is 42.2 Å². The van der Waals surface area contributed by atoms with Crippen LogP contribution in [-0.4, -0.2) is 27.3 Å². The van der Waals surface area contributed by atoms with Crippen LogP contribution in [0.5, 0.6) is 5.75 Å². The lowest BCUT2D eigenvalue weighted by Crippen LogP contribution is -2.33. The van der Waals surface area contributed by atoms with Gasteiger partial charge >= 0.3 is 0 Å². The zero-order valence-electron chi connectivity index (χ0n) is 15.2. The predicted molar refractivity (Wildman–Crippen MR) is 99.4 cm³/mol. The molecule has 0 aromatic heterocycles. The quantitative estimate of drug-likeness (QED) is 0.602. The van der Waals surface area contributed by atoms with Gasteiger partial charge in [-0.1, -0.05) is 18.2 Å². The van der Waals surface area contributed by atoms with Crippen molar-refractivity contribution in [2.24, 2.45) is 5.73 Å². The Morgan fingerprint density at radius 3 is 2.46 bits per heavy atom. The van der Waals surface area contributed by atoms with Crippen molar-refractivity contribution in [1.82, 2.24) is 0 Å². The van der Waals surface area contributed by atoms with Crippen LogP contribution in [0.4, 0.5) is 13.2 Å². The molecule has 2 atom stereocenters. The van der Waals surface area contributed by atoms with Crippen LogP contribution in [0.2, 0.25) is 0 Å². The van der Waals surface area contributed by atoms with E-state index in [1.807, 2.05) is 6.08 Å². The smallest absolute Gasteiger partial charge is 0.179 e. The fourth-order valence-corrected chi connectivity index (χ4v) is 4.16. The van der Waals surface area contributed by atoms with Gasteiger partial charge in [0.25, 0.3) is 0 Å². The summed E-state index contributed by atoms with van der Waals surface area (Å²) >= 11 is 0. The Balaban J connectivity index is 1.74. The average Bonchev–Trinajstić information content (AvgIpc) is 2.63. The van der Waals surface area contributed by atoms with Crippen molar-refractivity contribution in [3.05, 3.63) is 71.1 Å². The fraction of sp³-hybridized carbons (Fsp3) is 0.300. The Kier molecular flexibility index (Phi) is 5.81. The van der Waals surface area contributed by atoms with Crippen molar-refractivity contribution in [3.8, 4) is 5.75 Å². The van der Waals surface area contributed by atoms with Crippen molar-refractivity contribution < 1.29 is 26.3 Å². The zero-order chi connectivity index (χ0) is 20.5. The number of sulfone groups is 1. The Morgan fingerprint density at radius 2 is 1.79 bits per heavy atom. The second-order valence-electron chi connectivity index (χ2n) is 6.87. The minimum atomic E-state index is -3.43. The van der Waals surface area contributed by atoms with Crippen LogP contribution < -0.4 is 10.5 Å². The van der Waals surface area contributed by atoms with E-state index in [1.54, 1.807) is 18.2 Å². The summed E-state index contributed by atoms with van der Waals surface area (Å²) in [7, 11) is -3.43. The van der Waals surface area contributed by atoms with Gasteiger partial charge in [0.15, 0.2) is 21.5 Å². The highest BCUT2D eigenvalue weighted by Gasteiger charge is 2.28. The largest absolute Gasteiger partial charge is 0.488 e. The summed E-state index contributed by atoms with van der Waals surface area (Å²) in [5.41, 5.74) is 7.03. The van der Waals surface area contributed by atoms with Crippen molar-refractivity contribution >= 4 is 9.84 Å². The molecular formula is C20H20F3NO3S. The van der Waals surface area contributed by atoms with Crippen LogP contribution in [0.15, 0.2) is 52.9 Å². The molecule has 0 radical (unpaired) electrons. The highest BCUT2D eigenvalue weighted by atomic mass is 32.2.